The van der Waals surface area contributed by atoms with Crippen LogP contribution in [-0.4, -0.2) is 14.0 Å². The number of fused-ring (bicyclic) bond motifs is 5. The van der Waals surface area contributed by atoms with Gasteiger partial charge in [-0.05, 0) is 130 Å². The van der Waals surface area contributed by atoms with Crippen LogP contribution >= 0.6 is 8.58 Å². The van der Waals surface area contributed by atoms with Crippen molar-refractivity contribution in [2.24, 2.45) is 52.3 Å². The predicted octanol–water partition coefficient (Wildman–Crippen LogP) is 19.9. The van der Waals surface area contributed by atoms with Crippen molar-refractivity contribution in [1.29, 1.82) is 0 Å². The third-order valence-corrected chi connectivity index (χ3v) is 11.7. The van der Waals surface area contributed by atoms with Crippen molar-refractivity contribution in [2.75, 3.05) is 6.16 Å². The highest BCUT2D eigenvalue weighted by molar-refractivity contribution is 7.41. The molecule has 0 nitrogen and oxygen atoms in total. The van der Waals surface area contributed by atoms with E-state index in [4.69, 9.17) is 0 Å². The van der Waals surface area contributed by atoms with Crippen molar-refractivity contribution in [3.8, 4) is 0 Å². The second-order valence-corrected chi connectivity index (χ2v) is 16.9. The van der Waals surface area contributed by atoms with E-state index < -0.39 is 0 Å². The first kappa shape index (κ1) is 69.5. The van der Waals surface area contributed by atoms with Crippen LogP contribution < -0.4 is 0 Å². The van der Waals surface area contributed by atoms with Crippen LogP contribution in [0.4, 0.5) is 0 Å². The van der Waals surface area contributed by atoms with Gasteiger partial charge in [0.25, 0.3) is 0 Å². The van der Waals surface area contributed by atoms with Gasteiger partial charge in [0.05, 0.1) is 0 Å². The summed E-state index contributed by atoms with van der Waals surface area (Å²) in [4.78, 5) is 0. The Morgan fingerprint density at radius 3 is 1.57 bits per heavy atom. The SMILES string of the molecule is C=C.C=CCC.C=CPCC/C(C)=C/C(=C)C1CCC2C3CCC4CC(C)CCC4(C)C3CCC12C.CC.CC.CC.CC.CC.CC(C)C.CCC.[B]C=C. The number of rotatable bonds is 7. The average Bonchev–Trinajstić information content (AvgIpc) is 3.58. The van der Waals surface area contributed by atoms with Gasteiger partial charge in [-0.1, -0.05) is 195 Å². The molecule has 4 saturated carbocycles. The van der Waals surface area contributed by atoms with E-state index in [2.05, 4.69) is 128 Å². The van der Waals surface area contributed by atoms with E-state index >= 15 is 0 Å². The van der Waals surface area contributed by atoms with Gasteiger partial charge in [0.15, 0.2) is 0 Å². The Morgan fingerprint density at radius 1 is 0.750 bits per heavy atom. The normalized spacial score (nSPS) is 27.1. The summed E-state index contributed by atoms with van der Waals surface area (Å²) in [6.45, 7) is 64.1. The van der Waals surface area contributed by atoms with E-state index in [-0.39, 0.29) is 0 Å². The number of hydrogen-bond donors (Lipinski definition) is 0. The molecule has 0 heterocycles. The minimum atomic E-state index is 0.503. The molecule has 4 fully saturated rings. The highest BCUT2D eigenvalue weighted by atomic mass is 31.1. The van der Waals surface area contributed by atoms with Crippen LogP contribution in [0.25, 0.3) is 0 Å². The summed E-state index contributed by atoms with van der Waals surface area (Å²) in [5.74, 6) is 9.81. The smallest absolute Gasteiger partial charge is 0.102 e. The van der Waals surface area contributed by atoms with Crippen molar-refractivity contribution in [2.45, 2.75) is 216 Å². The molecule has 0 N–H and O–H groups in total. The van der Waals surface area contributed by atoms with Crippen LogP contribution in [0.1, 0.15) is 216 Å². The predicted molar refractivity (Wildman–Crippen MR) is 276 cm³/mol. The van der Waals surface area contributed by atoms with Crippen LogP contribution in [0.3, 0.4) is 0 Å². The Labute approximate surface area is 363 Å². The molecule has 0 bridgehead atoms. The lowest BCUT2D eigenvalue weighted by molar-refractivity contribution is -0.114. The third-order valence-electron chi connectivity index (χ3n) is 10.9. The van der Waals surface area contributed by atoms with E-state index in [0.29, 0.717) is 10.8 Å². The first-order valence-electron chi connectivity index (χ1n) is 23.9. The molecule has 9 unspecified atom stereocenters. The van der Waals surface area contributed by atoms with Gasteiger partial charge >= 0.3 is 0 Å². The van der Waals surface area contributed by atoms with Crippen molar-refractivity contribution < 1.29 is 0 Å². The summed E-state index contributed by atoms with van der Waals surface area (Å²) in [6.07, 6.45) is 22.5. The van der Waals surface area contributed by atoms with Crippen molar-refractivity contribution in [3.05, 3.63) is 74.6 Å². The fourth-order valence-electron chi connectivity index (χ4n) is 8.94. The van der Waals surface area contributed by atoms with Gasteiger partial charge in [-0.3, -0.25) is 0 Å². The van der Waals surface area contributed by atoms with Crippen LogP contribution in [0, 0.1) is 52.3 Å². The van der Waals surface area contributed by atoms with Crippen LogP contribution in [0.15, 0.2) is 74.6 Å². The van der Waals surface area contributed by atoms with Crippen LogP contribution in [0.5, 0.6) is 0 Å². The topological polar surface area (TPSA) is 0 Å². The zero-order valence-corrected chi connectivity index (χ0v) is 43.9. The molecule has 334 valence electrons. The lowest BCUT2D eigenvalue weighted by Gasteiger charge is -2.61. The first-order chi connectivity index (χ1) is 26.8. The Bertz CT molecular complexity index is 867. The van der Waals surface area contributed by atoms with Crippen LogP contribution in [-0.2, 0) is 0 Å². The Hall–Kier alpha value is -1.07. The molecular formula is C54H110BP. The summed E-state index contributed by atoms with van der Waals surface area (Å²) >= 11 is 0. The molecule has 0 amide bonds. The second kappa shape index (κ2) is 48.3. The summed E-state index contributed by atoms with van der Waals surface area (Å²) < 4.78 is 0. The quantitative estimate of drug-likeness (QED) is 0.0791. The van der Waals surface area contributed by atoms with Gasteiger partial charge in [-0.15, -0.1) is 32.3 Å². The van der Waals surface area contributed by atoms with Gasteiger partial charge in [-0.25, -0.2) is 0 Å². The summed E-state index contributed by atoms with van der Waals surface area (Å²) in [5.41, 5.74) is 4.13. The third kappa shape index (κ3) is 28.4. The van der Waals surface area contributed by atoms with E-state index in [9.17, 15) is 0 Å². The molecule has 0 saturated heterocycles. The lowest BCUT2D eigenvalue weighted by atomic mass is 9.44. The van der Waals surface area contributed by atoms with Gasteiger partial charge < -0.3 is 0 Å². The largest absolute Gasteiger partial charge is 0.139 e. The molecule has 4 aliphatic carbocycles. The highest BCUT2D eigenvalue weighted by Crippen LogP contribution is 2.68. The fraction of sp³-hybridized carbons (Fsp3) is 0.778. The van der Waals surface area contributed by atoms with Crippen molar-refractivity contribution in [3.63, 3.8) is 0 Å². The maximum atomic E-state index is 4.64. The van der Waals surface area contributed by atoms with Crippen molar-refractivity contribution >= 4 is 16.4 Å². The molecule has 56 heavy (non-hydrogen) atoms. The van der Waals surface area contributed by atoms with Gasteiger partial charge in [0.1, 0.15) is 7.85 Å². The standard InChI is InChI=1S/C29H47P.C4H10.C4H8.C3H8.C2H3B.5C2H6.C2H4/c1-7-30-17-14-21(3)18-22(4)25-10-11-26-24-9-8-23-19-20(2)12-15-28(23,5)27(24)13-16-29(25,26)6;1-4(2)3;1-3-4-2;1-3-2;1-2-3;6*1-2/h7,18,20,23-27,30H,1,4,8-17,19H2,2-3,5-6H3;4H,1-3H3;3H,1,4H2,2H3;3H2,1-2H3;2H,1H2;5*1-2H3;1-2H2/b21-18+;;;;;;;;;;. The zero-order chi connectivity index (χ0) is 45.9. The number of allylic oxidation sites excluding steroid dienone is 4. The monoisotopic (exact) mass is 801 g/mol. The fourth-order valence-corrected chi connectivity index (χ4v) is 9.69. The zero-order valence-electron chi connectivity index (χ0n) is 42.9. The maximum absolute atomic E-state index is 4.64. The number of hydrogen-bond acceptors (Lipinski definition) is 0. The molecule has 0 aromatic heterocycles. The molecule has 0 aromatic carbocycles. The minimum absolute atomic E-state index is 0.503. The molecular weight excluding hydrogens is 690 g/mol. The molecule has 2 heteroatoms. The summed E-state index contributed by atoms with van der Waals surface area (Å²) in [6, 6.07) is 0. The molecule has 0 aliphatic heterocycles. The van der Waals surface area contributed by atoms with E-state index in [1.807, 2.05) is 75.3 Å². The first-order valence-corrected chi connectivity index (χ1v) is 25.2. The van der Waals surface area contributed by atoms with Crippen molar-refractivity contribution in [1.82, 2.24) is 0 Å². The molecule has 4 aliphatic rings. The Morgan fingerprint density at radius 2 is 1.16 bits per heavy atom. The van der Waals surface area contributed by atoms with Gasteiger partial charge in [-0.2, -0.15) is 0 Å². The second-order valence-electron chi connectivity index (χ2n) is 15.6. The van der Waals surface area contributed by atoms with Gasteiger partial charge in [0, 0.05) is 0 Å². The summed E-state index contributed by atoms with van der Waals surface area (Å²) in [5, 5.41) is 0. The highest BCUT2D eigenvalue weighted by Gasteiger charge is 2.60. The lowest BCUT2D eigenvalue weighted by Crippen LogP contribution is -2.53. The van der Waals surface area contributed by atoms with E-state index in [1.54, 1.807) is 0 Å². The summed E-state index contributed by atoms with van der Waals surface area (Å²) in [7, 11) is 5.51. The average molecular weight is 801 g/mol. The molecule has 2 radical (unpaired) electrons. The Kier molecular flexibility index (Phi) is 60.0. The molecule has 0 aromatic rings. The Balaban J connectivity index is -0.000000154. The van der Waals surface area contributed by atoms with Crippen LogP contribution in [0.2, 0.25) is 0 Å². The minimum Gasteiger partial charge on any atom is -0.139 e. The van der Waals surface area contributed by atoms with Gasteiger partial charge in [0.2, 0.25) is 0 Å². The molecule has 9 atom stereocenters. The van der Waals surface area contributed by atoms with E-state index in [0.717, 1.165) is 56.4 Å². The maximum Gasteiger partial charge on any atom is 0.102 e. The molecule has 4 rings (SSSR count). The molecule has 0 spiro atoms. The van der Waals surface area contributed by atoms with E-state index in [1.165, 1.54) is 93.9 Å².